The number of rotatable bonds is 4. The third kappa shape index (κ3) is 3.23. The van der Waals surface area contributed by atoms with Gasteiger partial charge in [-0.2, -0.15) is 0 Å². The molecule has 2 N–H and O–H groups in total. The van der Waals surface area contributed by atoms with Gasteiger partial charge in [-0.05, 0) is 39.0 Å². The summed E-state index contributed by atoms with van der Waals surface area (Å²) in [7, 11) is 0. The molecular formula is C14H25NO3. The Morgan fingerprint density at radius 1 is 1.39 bits per heavy atom. The van der Waals surface area contributed by atoms with Crippen LogP contribution in [0.15, 0.2) is 0 Å². The van der Waals surface area contributed by atoms with E-state index in [1.54, 1.807) is 6.92 Å². The van der Waals surface area contributed by atoms with E-state index in [-0.39, 0.29) is 24.5 Å². The zero-order valence-corrected chi connectivity index (χ0v) is 11.3. The number of aliphatic hydroxyl groups is 2. The van der Waals surface area contributed by atoms with Gasteiger partial charge in [-0.1, -0.05) is 12.8 Å². The molecule has 2 aliphatic rings. The molecule has 1 heterocycles. The molecule has 2 fully saturated rings. The van der Waals surface area contributed by atoms with Crippen molar-refractivity contribution in [1.29, 1.82) is 0 Å². The van der Waals surface area contributed by atoms with Crippen molar-refractivity contribution < 1.29 is 15.0 Å². The smallest absolute Gasteiger partial charge is 0.225 e. The highest BCUT2D eigenvalue weighted by atomic mass is 16.3. The number of likely N-dealkylation sites (tertiary alicyclic amines) is 1. The van der Waals surface area contributed by atoms with Gasteiger partial charge in [0.25, 0.3) is 0 Å². The molecular weight excluding hydrogens is 230 g/mol. The maximum Gasteiger partial charge on any atom is 0.225 e. The second kappa shape index (κ2) is 5.57. The Hall–Kier alpha value is -0.610. The maximum atomic E-state index is 12.3. The molecule has 2 rings (SSSR count). The molecule has 1 aliphatic carbocycles. The summed E-state index contributed by atoms with van der Waals surface area (Å²) in [5, 5.41) is 19.8. The number of amides is 1. The second-order valence-corrected chi connectivity index (χ2v) is 6.08. The number of hydrogen-bond donors (Lipinski definition) is 2. The van der Waals surface area contributed by atoms with Crippen LogP contribution in [0.1, 0.15) is 58.3 Å². The van der Waals surface area contributed by atoms with Crippen LogP contribution in [0.4, 0.5) is 0 Å². The molecule has 1 saturated carbocycles. The van der Waals surface area contributed by atoms with E-state index in [0.29, 0.717) is 6.42 Å². The number of carbonyl (C=O) groups excluding carboxylic acids is 1. The second-order valence-electron chi connectivity index (χ2n) is 6.08. The van der Waals surface area contributed by atoms with Crippen molar-refractivity contribution >= 4 is 5.91 Å². The van der Waals surface area contributed by atoms with Gasteiger partial charge in [0.15, 0.2) is 0 Å². The molecule has 4 nitrogen and oxygen atoms in total. The summed E-state index contributed by atoms with van der Waals surface area (Å²) in [5.74, 6) is 0.0718. The summed E-state index contributed by atoms with van der Waals surface area (Å²) in [4.78, 5) is 14.2. The highest BCUT2D eigenvalue weighted by Gasteiger charge is 2.37. The van der Waals surface area contributed by atoms with E-state index >= 15 is 0 Å². The van der Waals surface area contributed by atoms with Crippen molar-refractivity contribution in [3.8, 4) is 0 Å². The van der Waals surface area contributed by atoms with E-state index in [4.69, 9.17) is 0 Å². The van der Waals surface area contributed by atoms with Crippen molar-refractivity contribution in [2.45, 2.75) is 76.0 Å². The van der Waals surface area contributed by atoms with E-state index in [1.165, 1.54) is 0 Å². The van der Waals surface area contributed by atoms with Gasteiger partial charge in [-0.15, -0.1) is 0 Å². The molecule has 1 aliphatic heterocycles. The minimum atomic E-state index is -0.755. The fourth-order valence-corrected chi connectivity index (χ4v) is 3.40. The van der Waals surface area contributed by atoms with Crippen LogP contribution in [0.3, 0.4) is 0 Å². The molecule has 4 heteroatoms. The predicted octanol–water partition coefficient (Wildman–Crippen LogP) is 1.44. The highest BCUT2D eigenvalue weighted by Crippen LogP contribution is 2.34. The van der Waals surface area contributed by atoms with E-state index in [2.05, 4.69) is 0 Å². The Balaban J connectivity index is 1.91. The summed E-state index contributed by atoms with van der Waals surface area (Å²) in [6, 6.07) is 0.169. The van der Waals surface area contributed by atoms with Crippen LogP contribution >= 0.6 is 0 Å². The third-order valence-corrected chi connectivity index (χ3v) is 4.33. The topological polar surface area (TPSA) is 60.8 Å². The van der Waals surface area contributed by atoms with Crippen molar-refractivity contribution in [2.24, 2.45) is 0 Å². The lowest BCUT2D eigenvalue weighted by molar-refractivity contribution is -0.137. The Morgan fingerprint density at radius 2 is 2.06 bits per heavy atom. The molecule has 18 heavy (non-hydrogen) atoms. The van der Waals surface area contributed by atoms with Crippen LogP contribution in [0.2, 0.25) is 0 Å². The van der Waals surface area contributed by atoms with Gasteiger partial charge in [0, 0.05) is 12.6 Å². The molecule has 2 unspecified atom stereocenters. The summed E-state index contributed by atoms with van der Waals surface area (Å²) >= 11 is 0. The zero-order chi connectivity index (χ0) is 13.2. The Morgan fingerprint density at radius 3 is 2.67 bits per heavy atom. The lowest BCUT2D eigenvalue weighted by Gasteiger charge is -2.29. The average Bonchev–Trinajstić information content (AvgIpc) is 2.86. The fraction of sp³-hybridized carbons (Fsp3) is 0.929. The van der Waals surface area contributed by atoms with Crippen LogP contribution in [0.5, 0.6) is 0 Å². The monoisotopic (exact) mass is 255 g/mol. The van der Waals surface area contributed by atoms with Crippen LogP contribution in [0.25, 0.3) is 0 Å². The number of carbonyl (C=O) groups is 1. The highest BCUT2D eigenvalue weighted by molar-refractivity contribution is 5.78. The lowest BCUT2D eigenvalue weighted by Crippen LogP contribution is -2.41. The minimum Gasteiger partial charge on any atom is -0.393 e. The number of aliphatic hydroxyl groups excluding tert-OH is 1. The molecule has 0 aromatic heterocycles. The van der Waals surface area contributed by atoms with E-state index in [9.17, 15) is 15.0 Å². The zero-order valence-electron chi connectivity index (χ0n) is 11.3. The van der Waals surface area contributed by atoms with Gasteiger partial charge in [0.2, 0.25) is 5.91 Å². The van der Waals surface area contributed by atoms with Gasteiger partial charge in [-0.25, -0.2) is 0 Å². The minimum absolute atomic E-state index is 0.0718. The third-order valence-electron chi connectivity index (χ3n) is 4.33. The van der Waals surface area contributed by atoms with Crippen LogP contribution in [-0.2, 0) is 4.79 Å². The standard InChI is InChI=1S/C14H25NO3/c1-11(16)9-12-5-4-8-15(12)13(17)10-14(18)6-2-3-7-14/h11-12,16,18H,2-10H2,1H3. The lowest BCUT2D eigenvalue weighted by atomic mass is 9.97. The SMILES string of the molecule is CC(O)CC1CCCN1C(=O)CC1(O)CCCC1. The summed E-state index contributed by atoms with van der Waals surface area (Å²) in [6.07, 6.45) is 6.13. The van der Waals surface area contributed by atoms with Crippen LogP contribution in [0, 0.1) is 0 Å². The van der Waals surface area contributed by atoms with Gasteiger partial charge in [0.1, 0.15) is 0 Å². The normalized spacial score (nSPS) is 28.6. The number of nitrogens with zero attached hydrogens (tertiary/aromatic N) is 1. The van der Waals surface area contributed by atoms with Crippen molar-refractivity contribution in [2.75, 3.05) is 6.54 Å². The van der Waals surface area contributed by atoms with E-state index in [1.807, 2.05) is 4.90 Å². The fourth-order valence-electron chi connectivity index (χ4n) is 3.40. The molecule has 0 bridgehead atoms. The average molecular weight is 255 g/mol. The molecule has 0 aromatic carbocycles. The Kier molecular flexibility index (Phi) is 4.28. The van der Waals surface area contributed by atoms with Crippen molar-refractivity contribution in [1.82, 2.24) is 4.90 Å². The summed E-state index contributed by atoms with van der Waals surface area (Å²) in [6.45, 7) is 2.55. The van der Waals surface area contributed by atoms with Gasteiger partial charge < -0.3 is 15.1 Å². The molecule has 0 aromatic rings. The summed E-state index contributed by atoms with van der Waals surface area (Å²) < 4.78 is 0. The first-order chi connectivity index (χ1) is 8.50. The first kappa shape index (κ1) is 13.8. The van der Waals surface area contributed by atoms with Crippen LogP contribution < -0.4 is 0 Å². The van der Waals surface area contributed by atoms with Gasteiger partial charge >= 0.3 is 0 Å². The first-order valence-electron chi connectivity index (χ1n) is 7.20. The molecule has 104 valence electrons. The van der Waals surface area contributed by atoms with Crippen molar-refractivity contribution in [3.63, 3.8) is 0 Å². The first-order valence-corrected chi connectivity index (χ1v) is 7.20. The molecule has 0 spiro atoms. The van der Waals surface area contributed by atoms with E-state index < -0.39 is 5.60 Å². The quantitative estimate of drug-likeness (QED) is 0.799. The number of hydrogen-bond acceptors (Lipinski definition) is 3. The molecule has 0 radical (unpaired) electrons. The maximum absolute atomic E-state index is 12.3. The largest absolute Gasteiger partial charge is 0.393 e. The van der Waals surface area contributed by atoms with Gasteiger partial charge in [0.05, 0.1) is 18.1 Å². The molecule has 1 saturated heterocycles. The molecule has 1 amide bonds. The summed E-state index contributed by atoms with van der Waals surface area (Å²) in [5.41, 5.74) is -0.755. The van der Waals surface area contributed by atoms with Crippen molar-refractivity contribution in [3.05, 3.63) is 0 Å². The Labute approximate surface area is 109 Å². The van der Waals surface area contributed by atoms with E-state index in [0.717, 1.165) is 45.1 Å². The Bertz CT molecular complexity index is 297. The van der Waals surface area contributed by atoms with Crippen LogP contribution in [-0.4, -0.2) is 45.3 Å². The predicted molar refractivity (Wildman–Crippen MR) is 69.1 cm³/mol. The van der Waals surface area contributed by atoms with Gasteiger partial charge in [-0.3, -0.25) is 4.79 Å². The molecule has 2 atom stereocenters.